The van der Waals surface area contributed by atoms with Crippen molar-refractivity contribution in [3.8, 4) is 16.9 Å². The van der Waals surface area contributed by atoms with Crippen LogP contribution in [0, 0.1) is 0 Å². The Labute approximate surface area is 152 Å². The van der Waals surface area contributed by atoms with Crippen LogP contribution >= 0.6 is 0 Å². The van der Waals surface area contributed by atoms with Crippen molar-refractivity contribution in [3.05, 3.63) is 72.4 Å². The Morgan fingerprint density at radius 3 is 2.65 bits per heavy atom. The second-order valence-electron chi connectivity index (χ2n) is 5.76. The van der Waals surface area contributed by atoms with Crippen molar-refractivity contribution in [2.45, 2.75) is 5.75 Å². The number of aromatic nitrogens is 1. The van der Waals surface area contributed by atoms with Crippen LogP contribution in [0.5, 0.6) is 5.75 Å². The Kier molecular flexibility index (Phi) is 5.20. The lowest BCUT2D eigenvalue weighted by Gasteiger charge is -2.11. The van der Waals surface area contributed by atoms with Crippen molar-refractivity contribution in [2.24, 2.45) is 5.14 Å². The minimum Gasteiger partial charge on any atom is -0.496 e. The van der Waals surface area contributed by atoms with Gasteiger partial charge in [-0.15, -0.1) is 0 Å². The van der Waals surface area contributed by atoms with Gasteiger partial charge in [-0.25, -0.2) is 18.5 Å². The lowest BCUT2D eigenvalue weighted by Crippen LogP contribution is -2.14. The highest BCUT2D eigenvalue weighted by Crippen LogP contribution is 2.31. The van der Waals surface area contributed by atoms with E-state index in [1.807, 2.05) is 42.5 Å². The minimum absolute atomic E-state index is 0.211. The van der Waals surface area contributed by atoms with Crippen LogP contribution in [0.25, 0.3) is 11.1 Å². The first-order valence-electron chi connectivity index (χ1n) is 7.90. The SMILES string of the molecule is COc1ccccc1-c1ccnc(Nc2cccc(CS(N)(=O)=O)c2)c1. The number of hydrogen-bond donors (Lipinski definition) is 2. The zero-order valence-corrected chi connectivity index (χ0v) is 15.0. The molecule has 1 heterocycles. The molecule has 0 radical (unpaired) electrons. The Bertz CT molecular complexity index is 1020. The maximum absolute atomic E-state index is 11.3. The number of benzene rings is 2. The smallest absolute Gasteiger partial charge is 0.213 e. The molecule has 0 aliphatic rings. The van der Waals surface area contributed by atoms with Gasteiger partial charge in [-0.3, -0.25) is 0 Å². The number of nitrogens with one attached hydrogen (secondary N) is 1. The number of primary sulfonamides is 1. The molecule has 0 spiro atoms. The number of methoxy groups -OCH3 is 1. The molecule has 26 heavy (non-hydrogen) atoms. The minimum atomic E-state index is -3.57. The van der Waals surface area contributed by atoms with E-state index >= 15 is 0 Å². The second kappa shape index (κ2) is 7.55. The molecule has 0 aliphatic carbocycles. The van der Waals surface area contributed by atoms with Crippen LogP contribution in [0.1, 0.15) is 5.56 Å². The molecular weight excluding hydrogens is 350 g/mol. The van der Waals surface area contributed by atoms with Gasteiger partial charge in [0.1, 0.15) is 11.6 Å². The first-order chi connectivity index (χ1) is 12.4. The molecule has 0 fully saturated rings. The first-order valence-corrected chi connectivity index (χ1v) is 9.62. The molecule has 0 aliphatic heterocycles. The normalized spacial score (nSPS) is 11.2. The summed E-state index contributed by atoms with van der Waals surface area (Å²) in [5, 5.41) is 8.30. The van der Waals surface area contributed by atoms with Crippen LogP contribution in [0.3, 0.4) is 0 Å². The predicted molar refractivity (Wildman–Crippen MR) is 103 cm³/mol. The Hall–Kier alpha value is -2.90. The number of hydrogen-bond acceptors (Lipinski definition) is 5. The zero-order valence-electron chi connectivity index (χ0n) is 14.2. The van der Waals surface area contributed by atoms with Crippen LogP contribution in [0.2, 0.25) is 0 Å². The summed E-state index contributed by atoms with van der Waals surface area (Å²) in [7, 11) is -1.94. The molecule has 0 amide bonds. The Morgan fingerprint density at radius 2 is 1.88 bits per heavy atom. The first kappa shape index (κ1) is 17.9. The van der Waals surface area contributed by atoms with Gasteiger partial charge in [-0.1, -0.05) is 30.3 Å². The van der Waals surface area contributed by atoms with E-state index < -0.39 is 10.0 Å². The third-order valence-corrected chi connectivity index (χ3v) is 4.48. The van der Waals surface area contributed by atoms with Gasteiger partial charge >= 0.3 is 0 Å². The van der Waals surface area contributed by atoms with E-state index in [0.717, 1.165) is 22.6 Å². The number of para-hydroxylation sites is 1. The third kappa shape index (κ3) is 4.59. The highest BCUT2D eigenvalue weighted by atomic mass is 32.2. The third-order valence-electron chi connectivity index (χ3n) is 3.75. The molecule has 3 aromatic rings. The van der Waals surface area contributed by atoms with E-state index in [2.05, 4.69) is 10.3 Å². The summed E-state index contributed by atoms with van der Waals surface area (Å²) < 4.78 is 27.9. The molecule has 6 nitrogen and oxygen atoms in total. The Morgan fingerprint density at radius 1 is 1.08 bits per heavy atom. The van der Waals surface area contributed by atoms with E-state index in [-0.39, 0.29) is 5.75 Å². The quantitative estimate of drug-likeness (QED) is 0.695. The largest absolute Gasteiger partial charge is 0.496 e. The van der Waals surface area contributed by atoms with E-state index in [9.17, 15) is 8.42 Å². The fourth-order valence-electron chi connectivity index (χ4n) is 2.67. The molecule has 3 rings (SSSR count). The van der Waals surface area contributed by atoms with Crippen molar-refractivity contribution in [2.75, 3.05) is 12.4 Å². The van der Waals surface area contributed by atoms with Gasteiger partial charge in [-0.05, 0) is 41.5 Å². The van der Waals surface area contributed by atoms with Crippen molar-refractivity contribution < 1.29 is 13.2 Å². The van der Waals surface area contributed by atoms with Gasteiger partial charge < -0.3 is 10.1 Å². The van der Waals surface area contributed by atoms with Gasteiger partial charge in [-0.2, -0.15) is 0 Å². The molecular formula is C19H19N3O3S. The molecule has 0 unspecified atom stereocenters. The molecule has 1 aromatic heterocycles. The average molecular weight is 369 g/mol. The van der Waals surface area contributed by atoms with E-state index in [1.54, 1.807) is 31.5 Å². The highest BCUT2D eigenvalue weighted by molar-refractivity contribution is 7.88. The maximum atomic E-state index is 11.3. The fourth-order valence-corrected chi connectivity index (χ4v) is 3.31. The molecule has 0 atom stereocenters. The van der Waals surface area contributed by atoms with E-state index in [4.69, 9.17) is 9.88 Å². The molecule has 3 N–H and O–H groups in total. The van der Waals surface area contributed by atoms with Gasteiger partial charge in [0, 0.05) is 17.4 Å². The Balaban J connectivity index is 1.87. The lowest BCUT2D eigenvalue weighted by atomic mass is 10.1. The topological polar surface area (TPSA) is 94.3 Å². The van der Waals surface area contributed by atoms with Crippen LogP contribution in [0.4, 0.5) is 11.5 Å². The van der Waals surface area contributed by atoms with Crippen LogP contribution < -0.4 is 15.2 Å². The van der Waals surface area contributed by atoms with Crippen molar-refractivity contribution in [1.82, 2.24) is 4.98 Å². The summed E-state index contributed by atoms with van der Waals surface area (Å²) in [6.45, 7) is 0. The van der Waals surface area contributed by atoms with Gasteiger partial charge in [0.15, 0.2) is 0 Å². The van der Waals surface area contributed by atoms with Crippen molar-refractivity contribution in [3.63, 3.8) is 0 Å². The standard InChI is InChI=1S/C19H19N3O3S/c1-25-18-8-3-2-7-17(18)15-9-10-21-19(12-15)22-16-6-4-5-14(11-16)13-26(20,23)24/h2-12H,13H2,1H3,(H,21,22)(H2,20,23,24). The summed E-state index contributed by atoms with van der Waals surface area (Å²) >= 11 is 0. The van der Waals surface area contributed by atoms with E-state index in [1.165, 1.54) is 0 Å². The van der Waals surface area contributed by atoms with Crippen LogP contribution in [0.15, 0.2) is 66.9 Å². The lowest BCUT2D eigenvalue weighted by molar-refractivity contribution is 0.416. The van der Waals surface area contributed by atoms with Gasteiger partial charge in [0.05, 0.1) is 12.9 Å². The number of anilines is 2. The zero-order chi connectivity index (χ0) is 18.6. The van der Waals surface area contributed by atoms with Crippen LogP contribution in [-0.4, -0.2) is 20.5 Å². The van der Waals surface area contributed by atoms with Crippen molar-refractivity contribution in [1.29, 1.82) is 0 Å². The van der Waals surface area contributed by atoms with Crippen LogP contribution in [-0.2, 0) is 15.8 Å². The summed E-state index contributed by atoms with van der Waals surface area (Å²) in [5.74, 6) is 1.21. The maximum Gasteiger partial charge on any atom is 0.213 e. The number of pyridine rings is 1. The number of sulfonamides is 1. The predicted octanol–water partition coefficient (Wildman–Crippen LogP) is 3.29. The summed E-state index contributed by atoms with van der Waals surface area (Å²) in [4.78, 5) is 4.33. The van der Waals surface area contributed by atoms with Gasteiger partial charge in [0.25, 0.3) is 0 Å². The molecule has 7 heteroatoms. The number of rotatable bonds is 6. The molecule has 0 bridgehead atoms. The average Bonchev–Trinajstić information content (AvgIpc) is 2.61. The molecule has 0 saturated carbocycles. The van der Waals surface area contributed by atoms with Gasteiger partial charge in [0.2, 0.25) is 10.0 Å². The number of ether oxygens (including phenoxy) is 1. The van der Waals surface area contributed by atoms with E-state index in [0.29, 0.717) is 11.4 Å². The molecule has 0 saturated heterocycles. The highest BCUT2D eigenvalue weighted by Gasteiger charge is 2.08. The number of nitrogens with two attached hydrogens (primary N) is 1. The number of nitrogens with zero attached hydrogens (tertiary/aromatic N) is 1. The second-order valence-corrected chi connectivity index (χ2v) is 7.38. The summed E-state index contributed by atoms with van der Waals surface area (Å²) in [5.41, 5.74) is 3.26. The monoisotopic (exact) mass is 369 g/mol. The summed E-state index contributed by atoms with van der Waals surface area (Å²) in [6.07, 6.45) is 1.71. The summed E-state index contributed by atoms with van der Waals surface area (Å²) in [6, 6.07) is 18.6. The fraction of sp³-hybridized carbons (Fsp3) is 0.105. The molecule has 2 aromatic carbocycles. The molecule has 134 valence electrons. The van der Waals surface area contributed by atoms with Crippen molar-refractivity contribution >= 4 is 21.5 Å².